The molecule has 11 heteroatoms. The molecule has 43 heavy (non-hydrogen) atoms. The number of piperazine rings is 1. The van der Waals surface area contributed by atoms with Crippen LogP contribution >= 0.6 is 11.8 Å². The van der Waals surface area contributed by atoms with Crippen molar-refractivity contribution in [2.45, 2.75) is 37.6 Å². The number of nitrogens with zero attached hydrogens (tertiary/aromatic N) is 4. The Bertz CT molecular complexity index is 1560. The molecule has 1 unspecified atom stereocenters. The van der Waals surface area contributed by atoms with Gasteiger partial charge in [0.25, 0.3) is 0 Å². The zero-order valence-corrected chi connectivity index (χ0v) is 25.7. The molecular formula is C32H35F2N5O3S. The van der Waals surface area contributed by atoms with Crippen LogP contribution in [0.1, 0.15) is 37.8 Å². The van der Waals surface area contributed by atoms with Crippen molar-refractivity contribution in [1.29, 1.82) is 0 Å². The Balaban J connectivity index is 1.99. The van der Waals surface area contributed by atoms with E-state index in [2.05, 4.69) is 30.7 Å². The van der Waals surface area contributed by atoms with Crippen LogP contribution in [0.3, 0.4) is 0 Å². The molecule has 1 atom stereocenters. The number of pyridine rings is 1. The highest BCUT2D eigenvalue weighted by Gasteiger charge is 2.32. The Morgan fingerprint density at radius 3 is 2.58 bits per heavy atom. The topological polar surface area (TPSA) is 87.1 Å². The third-order valence-electron chi connectivity index (χ3n) is 7.32. The maximum atomic E-state index is 16.0. The van der Waals surface area contributed by atoms with Crippen molar-refractivity contribution >= 4 is 41.4 Å². The number of nitrogens with one attached hydrogen (secondary N) is 1. The summed E-state index contributed by atoms with van der Waals surface area (Å²) in [6.07, 6.45) is 3.67. The minimum absolute atomic E-state index is 0.0000155. The lowest BCUT2D eigenvalue weighted by atomic mass is 10.0. The number of benzene rings is 2. The molecule has 0 bridgehead atoms. The van der Waals surface area contributed by atoms with Crippen molar-refractivity contribution in [3.05, 3.63) is 77.9 Å². The molecule has 2 aromatic carbocycles. The van der Waals surface area contributed by atoms with Crippen LogP contribution < -0.4 is 10.1 Å². The second-order valence-electron chi connectivity index (χ2n) is 10.3. The second-order valence-corrected chi connectivity index (χ2v) is 11.2. The Labute approximate surface area is 254 Å². The van der Waals surface area contributed by atoms with Gasteiger partial charge < -0.3 is 19.9 Å². The number of para-hydroxylation sites is 1. The number of halogens is 2. The van der Waals surface area contributed by atoms with Crippen LogP contribution in [0.25, 0.3) is 11.3 Å². The van der Waals surface area contributed by atoms with Crippen LogP contribution in [-0.4, -0.2) is 72.0 Å². The molecule has 1 saturated heterocycles. The van der Waals surface area contributed by atoms with E-state index < -0.39 is 11.6 Å². The number of amides is 2. The maximum Gasteiger partial charge on any atom is 0.246 e. The first-order chi connectivity index (χ1) is 20.6. The SMILES string of the molecule is C=CC(=O)N1CCN(C(=Nc2c(SC)cccc2C(C)C)c2cc(F)c(-c3c(F)cccc3OC)nc2NC=O)C(C)C1. The molecule has 3 aromatic rings. The maximum absolute atomic E-state index is 16.0. The molecule has 2 amide bonds. The van der Waals surface area contributed by atoms with E-state index in [1.807, 2.05) is 36.3 Å². The summed E-state index contributed by atoms with van der Waals surface area (Å²) in [5, 5.41) is 2.58. The van der Waals surface area contributed by atoms with Gasteiger partial charge >= 0.3 is 0 Å². The molecular weight excluding hydrogens is 572 g/mol. The van der Waals surface area contributed by atoms with Crippen LogP contribution in [0, 0.1) is 11.6 Å². The van der Waals surface area contributed by atoms with Crippen molar-refractivity contribution in [1.82, 2.24) is 14.8 Å². The third kappa shape index (κ3) is 6.56. The highest BCUT2D eigenvalue weighted by Crippen LogP contribution is 2.39. The number of ether oxygens (including phenoxy) is 1. The fourth-order valence-electron chi connectivity index (χ4n) is 5.18. The Morgan fingerprint density at radius 2 is 1.95 bits per heavy atom. The standard InChI is InChI=1S/C32H35F2N5O3S/c1-7-27(41)38-14-15-39(20(4)17-38)32(37-29-21(19(2)3)10-8-13-26(29)43-6)22-16-24(34)30(36-31(22)35-18-40)28-23(33)11-9-12-25(28)42-5/h7-13,16,18-20H,1,14-15,17H2,2-6H3,(H,35,36,40). The minimum Gasteiger partial charge on any atom is -0.496 e. The number of methoxy groups -OCH3 is 1. The lowest BCUT2D eigenvalue weighted by molar-refractivity contribution is -0.128. The Kier molecular flexibility index (Phi) is 10.2. The van der Waals surface area contributed by atoms with E-state index in [9.17, 15) is 14.0 Å². The summed E-state index contributed by atoms with van der Waals surface area (Å²) in [6.45, 7) is 10.8. The molecule has 0 saturated carbocycles. The highest BCUT2D eigenvalue weighted by molar-refractivity contribution is 7.98. The fraction of sp³-hybridized carbons (Fsp3) is 0.312. The van der Waals surface area contributed by atoms with Crippen LogP contribution in [-0.2, 0) is 9.59 Å². The summed E-state index contributed by atoms with van der Waals surface area (Å²) in [5.74, 6) is -1.14. The van der Waals surface area contributed by atoms with Gasteiger partial charge in [0.2, 0.25) is 12.3 Å². The zero-order chi connectivity index (χ0) is 31.3. The Hall–Kier alpha value is -4.25. The van der Waals surface area contributed by atoms with Crippen molar-refractivity contribution < 1.29 is 23.1 Å². The zero-order valence-electron chi connectivity index (χ0n) is 24.9. The molecule has 4 rings (SSSR count). The van der Waals surface area contributed by atoms with E-state index in [4.69, 9.17) is 9.73 Å². The van der Waals surface area contributed by atoms with Gasteiger partial charge in [-0.2, -0.15) is 0 Å². The van der Waals surface area contributed by atoms with Crippen LogP contribution in [0.4, 0.5) is 20.3 Å². The smallest absolute Gasteiger partial charge is 0.246 e. The van der Waals surface area contributed by atoms with Gasteiger partial charge in [-0.05, 0) is 55.0 Å². The van der Waals surface area contributed by atoms with Crippen molar-refractivity contribution in [2.24, 2.45) is 4.99 Å². The summed E-state index contributed by atoms with van der Waals surface area (Å²) in [5.41, 5.74) is 1.44. The summed E-state index contributed by atoms with van der Waals surface area (Å²) < 4.78 is 36.3. The van der Waals surface area contributed by atoms with Crippen molar-refractivity contribution in [2.75, 3.05) is 38.3 Å². The fourth-order valence-corrected chi connectivity index (χ4v) is 5.75. The van der Waals surface area contributed by atoms with Gasteiger partial charge in [0, 0.05) is 30.6 Å². The predicted octanol–water partition coefficient (Wildman–Crippen LogP) is 6.25. The number of aliphatic imine (C=N–C) groups is 1. The van der Waals surface area contributed by atoms with E-state index in [0.29, 0.717) is 37.6 Å². The first kappa shape index (κ1) is 31.7. The predicted molar refractivity (Wildman–Crippen MR) is 167 cm³/mol. The van der Waals surface area contributed by atoms with Crippen LogP contribution in [0.5, 0.6) is 5.75 Å². The molecule has 0 spiro atoms. The largest absolute Gasteiger partial charge is 0.496 e. The van der Waals surface area contributed by atoms with Gasteiger partial charge in [-0.25, -0.2) is 18.8 Å². The highest BCUT2D eigenvalue weighted by atomic mass is 32.2. The third-order valence-corrected chi connectivity index (χ3v) is 8.09. The first-order valence-electron chi connectivity index (χ1n) is 13.8. The van der Waals surface area contributed by atoms with E-state index in [-0.39, 0.29) is 46.3 Å². The summed E-state index contributed by atoms with van der Waals surface area (Å²) in [4.78, 5) is 38.4. The quantitative estimate of drug-likeness (QED) is 0.102. The molecule has 1 aromatic heterocycles. The van der Waals surface area contributed by atoms with Crippen molar-refractivity contribution in [3.63, 3.8) is 0 Å². The van der Waals surface area contributed by atoms with Gasteiger partial charge in [0.05, 0.1) is 23.9 Å². The van der Waals surface area contributed by atoms with Gasteiger partial charge in [0.15, 0.2) is 5.82 Å². The summed E-state index contributed by atoms with van der Waals surface area (Å²) in [7, 11) is 1.35. The first-order valence-corrected chi connectivity index (χ1v) is 15.0. The van der Waals surface area contributed by atoms with Crippen molar-refractivity contribution in [3.8, 4) is 17.0 Å². The summed E-state index contributed by atoms with van der Waals surface area (Å²) >= 11 is 1.54. The number of aromatic nitrogens is 1. The molecule has 1 aliphatic rings. The second kappa shape index (κ2) is 13.8. The Morgan fingerprint density at radius 1 is 1.21 bits per heavy atom. The normalized spacial score (nSPS) is 15.4. The average molecular weight is 608 g/mol. The van der Waals surface area contributed by atoms with Gasteiger partial charge in [-0.1, -0.05) is 38.6 Å². The number of carbonyl (C=O) groups is 2. The molecule has 2 heterocycles. The number of amidine groups is 1. The molecule has 226 valence electrons. The van der Waals surface area contributed by atoms with E-state index in [1.54, 1.807) is 4.90 Å². The molecule has 1 fully saturated rings. The van der Waals surface area contributed by atoms with E-state index in [1.165, 1.54) is 49.2 Å². The molecule has 0 aliphatic carbocycles. The number of hydrogen-bond donors (Lipinski definition) is 1. The number of rotatable bonds is 9. The van der Waals surface area contributed by atoms with Crippen LogP contribution in [0.2, 0.25) is 0 Å². The van der Waals surface area contributed by atoms with Gasteiger partial charge in [-0.3, -0.25) is 9.59 Å². The van der Waals surface area contributed by atoms with Gasteiger partial charge in [-0.15, -0.1) is 11.8 Å². The molecule has 8 nitrogen and oxygen atoms in total. The van der Waals surface area contributed by atoms with E-state index >= 15 is 4.39 Å². The van der Waals surface area contributed by atoms with Crippen LogP contribution in [0.15, 0.2) is 65.0 Å². The number of hydrogen-bond acceptors (Lipinski definition) is 6. The number of anilines is 1. The van der Waals surface area contributed by atoms with E-state index in [0.717, 1.165) is 10.5 Å². The monoisotopic (exact) mass is 607 g/mol. The number of carbonyl (C=O) groups excluding carboxylic acids is 2. The molecule has 1 aliphatic heterocycles. The molecule has 0 radical (unpaired) electrons. The van der Waals surface area contributed by atoms with Gasteiger partial charge in [0.1, 0.15) is 28.9 Å². The average Bonchev–Trinajstić information content (AvgIpc) is 3.00. The number of thioether (sulfide) groups is 1. The lowest BCUT2D eigenvalue weighted by Gasteiger charge is -2.41. The minimum atomic E-state index is -0.821. The molecule has 1 N–H and O–H groups in total. The lowest BCUT2D eigenvalue weighted by Crippen LogP contribution is -2.55. The summed E-state index contributed by atoms with van der Waals surface area (Å²) in [6, 6.07) is 11.1.